The number of hydrogen-bond donors (Lipinski definition) is 0. The van der Waals surface area contributed by atoms with E-state index in [1.807, 2.05) is 34.6 Å². The first kappa shape index (κ1) is 21.7. The molecule has 1 fully saturated rings. The van der Waals surface area contributed by atoms with E-state index in [4.69, 9.17) is 23.5 Å². The number of methoxy groups -OCH3 is 2. The molecule has 0 amide bonds. The third-order valence-corrected chi connectivity index (χ3v) is 5.15. The Hall–Kier alpha value is -1.57. The van der Waals surface area contributed by atoms with Gasteiger partial charge < -0.3 is 23.5 Å². The summed E-state index contributed by atoms with van der Waals surface area (Å²) in [7, 11) is 2.06. The molecule has 0 unspecified atom stereocenters. The lowest BCUT2D eigenvalue weighted by Crippen LogP contribution is -2.41. The van der Waals surface area contributed by atoms with Gasteiger partial charge in [-0.2, -0.15) is 0 Å². The van der Waals surface area contributed by atoms with Gasteiger partial charge >= 0.3 is 7.12 Å². The van der Waals surface area contributed by atoms with Crippen molar-refractivity contribution in [3.63, 3.8) is 0 Å². The van der Waals surface area contributed by atoms with Gasteiger partial charge in [0.15, 0.2) is 0 Å². The van der Waals surface area contributed by atoms with Gasteiger partial charge in [0.25, 0.3) is 0 Å². The molecule has 2 rings (SSSR count). The summed E-state index contributed by atoms with van der Waals surface area (Å²) in [6, 6.07) is 5.29. The summed E-state index contributed by atoms with van der Waals surface area (Å²) in [5.74, 6) is 1.17. The van der Waals surface area contributed by atoms with Crippen LogP contribution in [0, 0.1) is 0 Å². The Morgan fingerprint density at radius 3 is 1.96 bits per heavy atom. The fourth-order valence-corrected chi connectivity index (χ4v) is 2.79. The summed E-state index contributed by atoms with van der Waals surface area (Å²) in [6.45, 7) is 10.4. The van der Waals surface area contributed by atoms with Crippen molar-refractivity contribution < 1.29 is 27.9 Å². The van der Waals surface area contributed by atoms with E-state index in [0.717, 1.165) is 0 Å². The van der Waals surface area contributed by atoms with Crippen LogP contribution in [0.5, 0.6) is 11.5 Å². The van der Waals surface area contributed by atoms with Crippen LogP contribution in [0.1, 0.15) is 46.6 Å². The van der Waals surface area contributed by atoms with Gasteiger partial charge in [-0.3, -0.25) is 0 Å². The highest BCUT2D eigenvalue weighted by molar-refractivity contribution is 6.55. The normalized spacial score (nSPS) is 19.0. The third-order valence-electron chi connectivity index (χ3n) is 5.15. The van der Waals surface area contributed by atoms with E-state index in [0.29, 0.717) is 42.3 Å². The molecule has 150 valence electrons. The van der Waals surface area contributed by atoms with Crippen LogP contribution in [0.25, 0.3) is 5.57 Å². The van der Waals surface area contributed by atoms with Crippen molar-refractivity contribution >= 4 is 12.7 Å². The minimum absolute atomic E-state index is 0.375. The molecule has 1 aromatic rings. The molecule has 5 nitrogen and oxygen atoms in total. The van der Waals surface area contributed by atoms with Gasteiger partial charge in [-0.25, -0.2) is 4.39 Å². The molecule has 0 spiro atoms. The minimum atomic E-state index is -1.07. The summed E-state index contributed by atoms with van der Waals surface area (Å²) >= 11 is 0. The topological polar surface area (TPSA) is 46.2 Å². The molecular weight excluding hydrogens is 350 g/mol. The van der Waals surface area contributed by atoms with Crippen LogP contribution in [0.4, 0.5) is 4.39 Å². The molecule has 27 heavy (non-hydrogen) atoms. The summed E-state index contributed by atoms with van der Waals surface area (Å²) in [5, 5.41) is 0. The zero-order chi connectivity index (χ0) is 20.2. The van der Waals surface area contributed by atoms with Crippen LogP contribution in [-0.2, 0) is 14.0 Å². The maximum absolute atomic E-state index is 15.5. The average molecular weight is 380 g/mol. The second kappa shape index (κ2) is 8.63. The molecule has 1 saturated heterocycles. The van der Waals surface area contributed by atoms with Gasteiger partial charge in [-0.05, 0) is 64.3 Å². The van der Waals surface area contributed by atoms with Crippen molar-refractivity contribution in [3.8, 4) is 11.5 Å². The van der Waals surface area contributed by atoms with Crippen LogP contribution < -0.4 is 9.47 Å². The van der Waals surface area contributed by atoms with Crippen molar-refractivity contribution in [2.24, 2.45) is 0 Å². The number of hydrogen-bond acceptors (Lipinski definition) is 5. The second-order valence-electron chi connectivity index (χ2n) is 7.46. The molecule has 1 aliphatic heterocycles. The summed E-state index contributed by atoms with van der Waals surface area (Å²) in [6.07, 6.45) is 0.375. The predicted octanol–water partition coefficient (Wildman–Crippen LogP) is 4.44. The van der Waals surface area contributed by atoms with Crippen molar-refractivity contribution in [1.29, 1.82) is 0 Å². The van der Waals surface area contributed by atoms with Crippen molar-refractivity contribution in [1.82, 2.24) is 0 Å². The molecule has 0 N–H and O–H groups in total. The first-order valence-electron chi connectivity index (χ1n) is 9.20. The monoisotopic (exact) mass is 380 g/mol. The first-order chi connectivity index (χ1) is 12.6. The highest BCUT2D eigenvalue weighted by Gasteiger charge is 2.53. The Morgan fingerprint density at radius 1 is 1.00 bits per heavy atom. The van der Waals surface area contributed by atoms with E-state index < -0.39 is 24.0 Å². The zero-order valence-corrected chi connectivity index (χ0v) is 17.3. The summed E-state index contributed by atoms with van der Waals surface area (Å²) in [4.78, 5) is 0. The molecule has 0 atom stereocenters. The lowest BCUT2D eigenvalue weighted by Gasteiger charge is -2.32. The maximum atomic E-state index is 15.5. The van der Waals surface area contributed by atoms with E-state index >= 15 is 4.39 Å². The van der Waals surface area contributed by atoms with Crippen LogP contribution in [0.2, 0.25) is 0 Å². The van der Waals surface area contributed by atoms with Crippen LogP contribution in [0.3, 0.4) is 0 Å². The summed E-state index contributed by atoms with van der Waals surface area (Å²) in [5.41, 5.74) is -0.584. The quantitative estimate of drug-likeness (QED) is 0.493. The molecule has 0 bridgehead atoms. The van der Waals surface area contributed by atoms with Gasteiger partial charge in [-0.1, -0.05) is 0 Å². The van der Waals surface area contributed by atoms with E-state index in [1.54, 1.807) is 32.4 Å². The molecule has 1 aromatic carbocycles. The third kappa shape index (κ3) is 4.84. The Balaban J connectivity index is 2.46. The Kier molecular flexibility index (Phi) is 6.95. The second-order valence-corrected chi connectivity index (χ2v) is 7.46. The van der Waals surface area contributed by atoms with Crippen LogP contribution in [-0.4, -0.2) is 45.8 Å². The maximum Gasteiger partial charge on any atom is 0.525 e. The lowest BCUT2D eigenvalue weighted by molar-refractivity contribution is 0.00578. The number of halogens is 1. The number of ether oxygens (including phenoxy) is 3. The Morgan fingerprint density at radius 2 is 1.52 bits per heavy atom. The molecule has 1 aliphatic rings. The van der Waals surface area contributed by atoms with Gasteiger partial charge in [0.2, 0.25) is 0 Å². The molecular formula is C20H30BFO5. The van der Waals surface area contributed by atoms with Crippen LogP contribution in [0.15, 0.2) is 23.9 Å². The standard InChI is InChI=1S/C20H30BFO5/c1-8-25-10-9-17(14-11-15(23-6)13-16(12-14)24-7)18(22)21-26-19(2,3)20(4,5)27-21/h11-13H,8-10H2,1-7H3. The first-order valence-corrected chi connectivity index (χ1v) is 9.20. The predicted molar refractivity (Wildman–Crippen MR) is 105 cm³/mol. The molecule has 0 aliphatic carbocycles. The van der Waals surface area contributed by atoms with Crippen LogP contribution >= 0.6 is 0 Å². The van der Waals surface area contributed by atoms with E-state index in [1.165, 1.54) is 0 Å². The van der Waals surface area contributed by atoms with Gasteiger partial charge in [0, 0.05) is 12.7 Å². The number of rotatable bonds is 8. The fourth-order valence-electron chi connectivity index (χ4n) is 2.79. The molecule has 0 saturated carbocycles. The molecule has 7 heteroatoms. The lowest BCUT2D eigenvalue weighted by atomic mass is 9.81. The Labute approximate surface area is 161 Å². The highest BCUT2D eigenvalue weighted by atomic mass is 19.1. The molecule has 0 aromatic heterocycles. The van der Waals surface area contributed by atoms with E-state index in [9.17, 15) is 0 Å². The Bertz CT molecular complexity index is 649. The number of benzene rings is 1. The largest absolute Gasteiger partial charge is 0.525 e. The van der Waals surface area contributed by atoms with Gasteiger partial charge in [0.05, 0.1) is 32.0 Å². The molecule has 0 radical (unpaired) electrons. The van der Waals surface area contributed by atoms with Crippen molar-refractivity contribution in [2.45, 2.75) is 52.2 Å². The van der Waals surface area contributed by atoms with Gasteiger partial charge in [0.1, 0.15) is 17.2 Å². The fraction of sp³-hybridized carbons (Fsp3) is 0.600. The summed E-state index contributed by atoms with van der Waals surface area (Å²) < 4.78 is 43.4. The SMILES string of the molecule is CCOCCC(=C(F)B1OC(C)(C)C(C)(C)O1)c1cc(OC)cc(OC)c1. The van der Waals surface area contributed by atoms with E-state index in [-0.39, 0.29) is 0 Å². The zero-order valence-electron chi connectivity index (χ0n) is 17.3. The van der Waals surface area contributed by atoms with E-state index in [2.05, 4.69) is 0 Å². The van der Waals surface area contributed by atoms with Crippen molar-refractivity contribution in [2.75, 3.05) is 27.4 Å². The highest BCUT2D eigenvalue weighted by Crippen LogP contribution is 2.41. The van der Waals surface area contributed by atoms with Gasteiger partial charge in [-0.15, -0.1) is 0 Å². The average Bonchev–Trinajstić information content (AvgIpc) is 2.85. The minimum Gasteiger partial charge on any atom is -0.497 e. The smallest absolute Gasteiger partial charge is 0.497 e. The molecule has 1 heterocycles. The van der Waals surface area contributed by atoms with Crippen molar-refractivity contribution in [3.05, 3.63) is 29.5 Å².